The zero-order valence-electron chi connectivity index (χ0n) is 13.4. The molecule has 0 unspecified atom stereocenters. The van der Waals surface area contributed by atoms with Crippen LogP contribution >= 0.6 is 0 Å². The van der Waals surface area contributed by atoms with Gasteiger partial charge < -0.3 is 9.30 Å². The van der Waals surface area contributed by atoms with E-state index in [1.54, 1.807) is 19.2 Å². The molecule has 0 aliphatic rings. The fraction of sp³-hybridized carbons (Fsp3) is 0.150. The van der Waals surface area contributed by atoms with Crippen LogP contribution in [0.25, 0.3) is 10.9 Å². The van der Waals surface area contributed by atoms with Crippen LogP contribution in [0.5, 0.6) is 5.75 Å². The number of aromatic nitrogens is 1. The highest BCUT2D eigenvalue weighted by Crippen LogP contribution is 2.28. The van der Waals surface area contributed by atoms with E-state index in [1.807, 2.05) is 29.7 Å². The summed E-state index contributed by atoms with van der Waals surface area (Å²) in [6.45, 7) is 2.66. The second kappa shape index (κ2) is 6.48. The first kappa shape index (κ1) is 15.6. The molecule has 3 nitrogen and oxygen atoms in total. The maximum absolute atomic E-state index is 13.3. The lowest BCUT2D eigenvalue weighted by Crippen LogP contribution is -1.98. The lowest BCUT2D eigenvalue weighted by atomic mass is 10.1. The summed E-state index contributed by atoms with van der Waals surface area (Å²) in [5.74, 6) is 6.38. The van der Waals surface area contributed by atoms with Gasteiger partial charge in [0.15, 0.2) is 0 Å². The average molecular weight is 318 g/mol. The third-order valence-electron chi connectivity index (χ3n) is 3.85. The van der Waals surface area contributed by atoms with E-state index in [0.717, 1.165) is 16.7 Å². The Kier molecular flexibility index (Phi) is 4.22. The Morgan fingerprint density at radius 2 is 2.00 bits per heavy atom. The first-order chi connectivity index (χ1) is 11.7. The van der Waals surface area contributed by atoms with E-state index in [2.05, 4.69) is 17.9 Å². The molecule has 0 amide bonds. The number of rotatable bonds is 2. The van der Waals surface area contributed by atoms with Crippen LogP contribution in [-0.2, 0) is 6.54 Å². The minimum absolute atomic E-state index is 0.330. The molecule has 0 aliphatic carbocycles. The topological polar surface area (TPSA) is 38.0 Å². The molecule has 0 bridgehead atoms. The van der Waals surface area contributed by atoms with Crippen LogP contribution in [0.15, 0.2) is 42.5 Å². The molecule has 0 saturated carbocycles. The summed E-state index contributed by atoms with van der Waals surface area (Å²) in [5.41, 5.74) is 2.63. The molecular weight excluding hydrogens is 303 g/mol. The summed E-state index contributed by atoms with van der Waals surface area (Å²) in [5, 5.41) is 10.4. The van der Waals surface area contributed by atoms with Crippen molar-refractivity contribution in [1.82, 2.24) is 4.57 Å². The molecule has 1 heterocycles. The fourth-order valence-corrected chi connectivity index (χ4v) is 2.73. The zero-order chi connectivity index (χ0) is 17.1. The Bertz CT molecular complexity index is 1020. The molecule has 1 aromatic heterocycles. The monoisotopic (exact) mass is 318 g/mol. The summed E-state index contributed by atoms with van der Waals surface area (Å²) in [4.78, 5) is 0. The average Bonchev–Trinajstić information content (AvgIpc) is 2.91. The lowest BCUT2D eigenvalue weighted by Gasteiger charge is -2.04. The number of nitrogens with zero attached hydrogens (tertiary/aromatic N) is 2. The summed E-state index contributed by atoms with van der Waals surface area (Å²) < 4.78 is 20.5. The normalized spacial score (nSPS) is 10.1. The molecule has 0 aliphatic heterocycles. The third kappa shape index (κ3) is 2.71. The van der Waals surface area contributed by atoms with Gasteiger partial charge in [0.25, 0.3) is 0 Å². The predicted octanol–water partition coefficient (Wildman–Crippen LogP) is 4.08. The minimum Gasteiger partial charge on any atom is -0.497 e. The molecule has 2 aromatic carbocycles. The maximum Gasteiger partial charge on any atom is 0.124 e. The van der Waals surface area contributed by atoms with Crippen LogP contribution in [0.3, 0.4) is 0 Å². The Morgan fingerprint density at radius 3 is 2.67 bits per heavy atom. The van der Waals surface area contributed by atoms with Gasteiger partial charge in [-0.3, -0.25) is 0 Å². The number of hydrogen-bond acceptors (Lipinski definition) is 2. The van der Waals surface area contributed by atoms with E-state index in [-0.39, 0.29) is 5.82 Å². The van der Waals surface area contributed by atoms with Crippen LogP contribution in [0.2, 0.25) is 0 Å². The molecule has 118 valence electrons. The lowest BCUT2D eigenvalue weighted by molar-refractivity contribution is 0.415. The fourth-order valence-electron chi connectivity index (χ4n) is 2.73. The Balaban J connectivity index is 2.22. The van der Waals surface area contributed by atoms with Crippen molar-refractivity contribution in [3.8, 4) is 23.7 Å². The standard InChI is InChI=1S/C20H15FN2O/c1-3-23-19(10-7-14-5-4-6-15(21)11-14)18(13-22)17-9-8-16(24-2)12-20(17)23/h4-6,8-9,11-12H,3H2,1-2H3. The van der Waals surface area contributed by atoms with E-state index in [1.165, 1.54) is 12.1 Å². The van der Waals surface area contributed by atoms with Crippen molar-refractivity contribution < 1.29 is 9.13 Å². The Labute approximate surface area is 139 Å². The maximum atomic E-state index is 13.3. The number of hydrogen-bond donors (Lipinski definition) is 0. The second-order valence-electron chi connectivity index (χ2n) is 5.22. The largest absolute Gasteiger partial charge is 0.497 e. The number of nitriles is 1. The van der Waals surface area contributed by atoms with Crippen LogP contribution in [0.1, 0.15) is 23.7 Å². The molecule has 0 saturated heterocycles. The summed E-state index contributed by atoms with van der Waals surface area (Å²) in [6.07, 6.45) is 0. The number of aryl methyl sites for hydroxylation is 1. The number of benzene rings is 2. The van der Waals surface area contributed by atoms with E-state index in [0.29, 0.717) is 23.4 Å². The second-order valence-corrected chi connectivity index (χ2v) is 5.22. The van der Waals surface area contributed by atoms with Gasteiger partial charge in [0.05, 0.1) is 18.2 Å². The molecule has 0 radical (unpaired) electrons. The third-order valence-corrected chi connectivity index (χ3v) is 3.85. The van der Waals surface area contributed by atoms with Gasteiger partial charge in [-0.15, -0.1) is 0 Å². The number of methoxy groups -OCH3 is 1. The minimum atomic E-state index is -0.330. The summed E-state index contributed by atoms with van der Waals surface area (Å²) >= 11 is 0. The van der Waals surface area contributed by atoms with Gasteiger partial charge in [-0.05, 0) is 43.2 Å². The SMILES string of the molecule is CCn1c(C#Cc2cccc(F)c2)c(C#N)c2ccc(OC)cc21. The number of ether oxygens (including phenoxy) is 1. The van der Waals surface area contributed by atoms with Gasteiger partial charge in [0.2, 0.25) is 0 Å². The van der Waals surface area contributed by atoms with Crippen molar-refractivity contribution in [3.05, 3.63) is 65.1 Å². The van der Waals surface area contributed by atoms with Crippen molar-refractivity contribution in [2.45, 2.75) is 13.5 Å². The van der Waals surface area contributed by atoms with Crippen molar-refractivity contribution in [3.63, 3.8) is 0 Å². The smallest absolute Gasteiger partial charge is 0.124 e. The van der Waals surface area contributed by atoms with Crippen LogP contribution < -0.4 is 4.74 Å². The van der Waals surface area contributed by atoms with E-state index >= 15 is 0 Å². The first-order valence-corrected chi connectivity index (χ1v) is 7.55. The van der Waals surface area contributed by atoms with Gasteiger partial charge in [0.1, 0.15) is 23.3 Å². The molecule has 0 fully saturated rings. The van der Waals surface area contributed by atoms with Crippen LogP contribution in [0, 0.1) is 29.0 Å². The Hall–Kier alpha value is -3.24. The molecule has 4 heteroatoms. The predicted molar refractivity (Wildman–Crippen MR) is 91.3 cm³/mol. The molecule has 3 aromatic rings. The van der Waals surface area contributed by atoms with Gasteiger partial charge in [-0.1, -0.05) is 12.0 Å². The zero-order valence-corrected chi connectivity index (χ0v) is 13.4. The number of halogens is 1. The highest BCUT2D eigenvalue weighted by atomic mass is 19.1. The molecule has 0 N–H and O–H groups in total. The molecule has 0 spiro atoms. The van der Waals surface area contributed by atoms with E-state index in [9.17, 15) is 9.65 Å². The van der Waals surface area contributed by atoms with Crippen LogP contribution in [0.4, 0.5) is 4.39 Å². The number of fused-ring (bicyclic) bond motifs is 1. The summed E-state index contributed by atoms with van der Waals surface area (Å²) in [6, 6.07) is 13.9. The van der Waals surface area contributed by atoms with Crippen molar-refractivity contribution in [2.24, 2.45) is 0 Å². The van der Waals surface area contributed by atoms with E-state index < -0.39 is 0 Å². The molecule has 0 atom stereocenters. The van der Waals surface area contributed by atoms with Crippen molar-refractivity contribution >= 4 is 10.9 Å². The summed E-state index contributed by atoms with van der Waals surface area (Å²) in [7, 11) is 1.61. The van der Waals surface area contributed by atoms with Gasteiger partial charge in [-0.25, -0.2) is 4.39 Å². The quantitative estimate of drug-likeness (QED) is 0.668. The molecular formula is C20H15FN2O. The Morgan fingerprint density at radius 1 is 1.17 bits per heavy atom. The first-order valence-electron chi connectivity index (χ1n) is 7.55. The van der Waals surface area contributed by atoms with Gasteiger partial charge in [-0.2, -0.15) is 5.26 Å². The van der Waals surface area contributed by atoms with E-state index in [4.69, 9.17) is 4.74 Å². The highest BCUT2D eigenvalue weighted by molar-refractivity contribution is 5.90. The molecule has 3 rings (SSSR count). The van der Waals surface area contributed by atoms with Gasteiger partial charge >= 0.3 is 0 Å². The highest BCUT2D eigenvalue weighted by Gasteiger charge is 2.15. The van der Waals surface area contributed by atoms with Crippen LogP contribution in [-0.4, -0.2) is 11.7 Å². The van der Waals surface area contributed by atoms with Gasteiger partial charge in [0, 0.05) is 23.6 Å². The van der Waals surface area contributed by atoms with Crippen molar-refractivity contribution in [2.75, 3.05) is 7.11 Å². The molecule has 24 heavy (non-hydrogen) atoms. The van der Waals surface area contributed by atoms with Crippen molar-refractivity contribution in [1.29, 1.82) is 5.26 Å².